The van der Waals surface area contributed by atoms with Gasteiger partial charge >= 0.3 is 0 Å². The molecule has 132 valence electrons. The van der Waals surface area contributed by atoms with Crippen molar-refractivity contribution in [3.05, 3.63) is 0 Å². The molecule has 0 amide bonds. The van der Waals surface area contributed by atoms with Crippen LogP contribution in [-0.2, 0) is 9.47 Å². The van der Waals surface area contributed by atoms with E-state index in [2.05, 4.69) is 6.92 Å². The molecule has 1 fully saturated rings. The summed E-state index contributed by atoms with van der Waals surface area (Å²) in [4.78, 5) is 0. The third kappa shape index (κ3) is 7.88. The minimum atomic E-state index is -1.02. The van der Waals surface area contributed by atoms with Gasteiger partial charge in [0, 0.05) is 6.61 Å². The summed E-state index contributed by atoms with van der Waals surface area (Å²) in [5.41, 5.74) is 0. The third-order valence-electron chi connectivity index (χ3n) is 4.25. The number of hydrogen-bond donors (Lipinski definition) is 3. The summed E-state index contributed by atoms with van der Waals surface area (Å²) in [6, 6.07) is 0. The van der Waals surface area contributed by atoms with E-state index in [0.717, 1.165) is 12.8 Å². The van der Waals surface area contributed by atoms with E-state index in [0.29, 0.717) is 6.61 Å². The van der Waals surface area contributed by atoms with Crippen LogP contribution in [0.2, 0.25) is 0 Å². The van der Waals surface area contributed by atoms with Crippen LogP contribution in [0.15, 0.2) is 0 Å². The van der Waals surface area contributed by atoms with Crippen LogP contribution in [-0.4, -0.2) is 59.6 Å². The molecule has 0 bridgehead atoms. The van der Waals surface area contributed by atoms with Crippen molar-refractivity contribution in [2.75, 3.05) is 19.8 Å². The molecule has 0 aromatic rings. The van der Waals surface area contributed by atoms with Crippen LogP contribution in [0.25, 0.3) is 0 Å². The first-order chi connectivity index (χ1) is 10.7. The highest BCUT2D eigenvalue weighted by Crippen LogP contribution is 2.18. The minimum Gasteiger partial charge on any atom is -0.388 e. The largest absolute Gasteiger partial charge is 0.388 e. The zero-order valence-corrected chi connectivity index (χ0v) is 14.0. The molecule has 0 spiro atoms. The Morgan fingerprint density at radius 2 is 1.59 bits per heavy atom. The molecule has 4 atom stereocenters. The van der Waals surface area contributed by atoms with Gasteiger partial charge in [-0.2, -0.15) is 0 Å². The Kier molecular flexibility index (Phi) is 11.1. The Hall–Kier alpha value is -0.200. The summed E-state index contributed by atoms with van der Waals surface area (Å²) in [6.45, 7) is 3.07. The predicted molar refractivity (Wildman–Crippen MR) is 85.8 cm³/mol. The highest BCUT2D eigenvalue weighted by atomic mass is 16.5. The number of aliphatic hydroxyl groups excluding tert-OH is 3. The molecule has 1 saturated heterocycles. The average molecular weight is 318 g/mol. The molecular formula is C17H34O5. The standard InChI is InChI=1S/C17H34O5/c1-2-3-4-5-6-7-8-9-10-11-21-12-15(19)17-16(20)14(18)13-22-17/h14-20H,2-13H2,1H3/t14-,15+,16+,17+/m1/s1. The van der Waals surface area contributed by atoms with Crippen molar-refractivity contribution in [3.63, 3.8) is 0 Å². The van der Waals surface area contributed by atoms with Gasteiger partial charge in [-0.1, -0.05) is 58.3 Å². The Labute approximate surface area is 134 Å². The van der Waals surface area contributed by atoms with Crippen LogP contribution in [0.5, 0.6) is 0 Å². The molecule has 0 aliphatic carbocycles. The molecule has 0 aromatic heterocycles. The third-order valence-corrected chi connectivity index (χ3v) is 4.25. The van der Waals surface area contributed by atoms with Crippen LogP contribution >= 0.6 is 0 Å². The molecule has 5 heteroatoms. The quantitative estimate of drug-likeness (QED) is 0.453. The van der Waals surface area contributed by atoms with Gasteiger partial charge in [0.2, 0.25) is 0 Å². The van der Waals surface area contributed by atoms with E-state index in [1.807, 2.05) is 0 Å². The second-order valence-electron chi connectivity index (χ2n) is 6.33. The SMILES string of the molecule is CCCCCCCCCCCOC[C@H](O)[C@@H]1OC[C@@H](O)[C@@H]1O. The van der Waals surface area contributed by atoms with Gasteiger partial charge in [-0.3, -0.25) is 0 Å². The zero-order chi connectivity index (χ0) is 16.2. The van der Waals surface area contributed by atoms with Crippen LogP contribution in [0, 0.1) is 0 Å². The monoisotopic (exact) mass is 318 g/mol. The highest BCUT2D eigenvalue weighted by Gasteiger charge is 2.39. The van der Waals surface area contributed by atoms with Gasteiger partial charge in [0.1, 0.15) is 24.4 Å². The van der Waals surface area contributed by atoms with E-state index in [1.165, 1.54) is 44.9 Å². The molecule has 1 aliphatic rings. The predicted octanol–water partition coefficient (Wildman–Crippen LogP) is 2.02. The van der Waals surface area contributed by atoms with Crippen molar-refractivity contribution in [1.29, 1.82) is 0 Å². The van der Waals surface area contributed by atoms with E-state index in [1.54, 1.807) is 0 Å². The molecule has 22 heavy (non-hydrogen) atoms. The van der Waals surface area contributed by atoms with Crippen molar-refractivity contribution in [2.45, 2.75) is 89.1 Å². The van der Waals surface area contributed by atoms with Crippen LogP contribution in [0.1, 0.15) is 64.7 Å². The summed E-state index contributed by atoms with van der Waals surface area (Å²) >= 11 is 0. The number of ether oxygens (including phenoxy) is 2. The van der Waals surface area contributed by atoms with Crippen molar-refractivity contribution < 1.29 is 24.8 Å². The molecule has 1 aliphatic heterocycles. The van der Waals surface area contributed by atoms with E-state index >= 15 is 0 Å². The lowest BCUT2D eigenvalue weighted by molar-refractivity contribution is -0.0813. The van der Waals surface area contributed by atoms with E-state index < -0.39 is 24.4 Å². The second-order valence-corrected chi connectivity index (χ2v) is 6.33. The van der Waals surface area contributed by atoms with Gasteiger partial charge in [-0.05, 0) is 6.42 Å². The van der Waals surface area contributed by atoms with Gasteiger partial charge in [-0.25, -0.2) is 0 Å². The maximum absolute atomic E-state index is 9.86. The van der Waals surface area contributed by atoms with Crippen molar-refractivity contribution in [3.8, 4) is 0 Å². The first kappa shape index (κ1) is 19.8. The Morgan fingerprint density at radius 1 is 1.00 bits per heavy atom. The van der Waals surface area contributed by atoms with Crippen LogP contribution < -0.4 is 0 Å². The molecule has 1 rings (SSSR count). The summed E-state index contributed by atoms with van der Waals surface area (Å²) in [7, 11) is 0. The summed E-state index contributed by atoms with van der Waals surface area (Å²) < 4.78 is 10.6. The number of unbranched alkanes of at least 4 members (excludes halogenated alkanes) is 8. The Balaban J connectivity index is 1.87. The minimum absolute atomic E-state index is 0.0706. The maximum atomic E-state index is 9.86. The van der Waals surface area contributed by atoms with E-state index in [-0.39, 0.29) is 13.2 Å². The molecule has 0 unspecified atom stereocenters. The summed E-state index contributed by atoms with van der Waals surface area (Å²) in [5.74, 6) is 0. The topological polar surface area (TPSA) is 79.2 Å². The molecule has 1 heterocycles. The summed E-state index contributed by atoms with van der Waals surface area (Å²) in [5, 5.41) is 28.8. The Bertz CT molecular complexity index is 261. The molecule has 5 nitrogen and oxygen atoms in total. The maximum Gasteiger partial charge on any atom is 0.114 e. The van der Waals surface area contributed by atoms with Crippen molar-refractivity contribution >= 4 is 0 Å². The van der Waals surface area contributed by atoms with Crippen LogP contribution in [0.3, 0.4) is 0 Å². The molecule has 3 N–H and O–H groups in total. The fourth-order valence-corrected chi connectivity index (χ4v) is 2.78. The molecular weight excluding hydrogens is 284 g/mol. The van der Waals surface area contributed by atoms with Gasteiger partial charge in [0.25, 0.3) is 0 Å². The lowest BCUT2D eigenvalue weighted by Crippen LogP contribution is -2.40. The molecule has 0 aromatic carbocycles. The lowest BCUT2D eigenvalue weighted by atomic mass is 10.1. The second kappa shape index (κ2) is 12.3. The zero-order valence-electron chi connectivity index (χ0n) is 14.0. The summed E-state index contributed by atoms with van der Waals surface area (Å²) in [6.07, 6.45) is 7.85. The molecule has 0 radical (unpaired) electrons. The first-order valence-electron chi connectivity index (χ1n) is 8.90. The van der Waals surface area contributed by atoms with Gasteiger partial charge < -0.3 is 24.8 Å². The number of rotatable bonds is 13. The van der Waals surface area contributed by atoms with Gasteiger partial charge in [-0.15, -0.1) is 0 Å². The number of aliphatic hydroxyl groups is 3. The highest BCUT2D eigenvalue weighted by molar-refractivity contribution is 4.87. The lowest BCUT2D eigenvalue weighted by Gasteiger charge is -2.20. The van der Waals surface area contributed by atoms with E-state index in [9.17, 15) is 15.3 Å². The van der Waals surface area contributed by atoms with E-state index in [4.69, 9.17) is 9.47 Å². The fraction of sp³-hybridized carbons (Fsp3) is 1.00. The fourth-order valence-electron chi connectivity index (χ4n) is 2.78. The number of hydrogen-bond acceptors (Lipinski definition) is 5. The smallest absolute Gasteiger partial charge is 0.114 e. The Morgan fingerprint density at radius 3 is 2.14 bits per heavy atom. The van der Waals surface area contributed by atoms with Crippen LogP contribution in [0.4, 0.5) is 0 Å². The van der Waals surface area contributed by atoms with Crippen molar-refractivity contribution in [2.24, 2.45) is 0 Å². The van der Waals surface area contributed by atoms with Crippen molar-refractivity contribution in [1.82, 2.24) is 0 Å². The first-order valence-corrected chi connectivity index (χ1v) is 8.90. The van der Waals surface area contributed by atoms with Gasteiger partial charge in [0.05, 0.1) is 13.2 Å². The van der Waals surface area contributed by atoms with Gasteiger partial charge in [0.15, 0.2) is 0 Å². The molecule has 0 saturated carbocycles. The normalized spacial score (nSPS) is 26.5. The average Bonchev–Trinajstić information content (AvgIpc) is 2.84.